The molecular weight excluding hydrogens is 308 g/mol. The van der Waals surface area contributed by atoms with Crippen molar-refractivity contribution < 1.29 is 19.1 Å². The van der Waals surface area contributed by atoms with Crippen LogP contribution in [0, 0.1) is 0 Å². The Labute approximate surface area is 140 Å². The van der Waals surface area contributed by atoms with Crippen LogP contribution >= 0.6 is 0 Å². The van der Waals surface area contributed by atoms with E-state index < -0.39 is 6.10 Å². The van der Waals surface area contributed by atoms with Gasteiger partial charge in [-0.25, -0.2) is 0 Å². The van der Waals surface area contributed by atoms with Gasteiger partial charge in [-0.05, 0) is 55.5 Å². The molecule has 2 aromatic rings. The second-order valence-electron chi connectivity index (χ2n) is 5.13. The Morgan fingerprint density at radius 3 is 1.96 bits per heavy atom. The maximum Gasteiger partial charge on any atom is 0.255 e. The standard InChI is InChI=1S/C18H20N2O4/c1-12(23-2)17(21)19-14-6-4-13(5-7-14)18(22)20-15-8-10-16(24-3)11-9-15/h4-12H,1-3H3,(H,19,21)(H,20,22)/t12-/m1/s1. The Kier molecular flexibility index (Phi) is 5.92. The van der Waals surface area contributed by atoms with Gasteiger partial charge in [-0.15, -0.1) is 0 Å². The fourth-order valence-corrected chi connectivity index (χ4v) is 1.93. The van der Waals surface area contributed by atoms with Crippen molar-refractivity contribution in [2.24, 2.45) is 0 Å². The molecule has 0 heterocycles. The highest BCUT2D eigenvalue weighted by atomic mass is 16.5. The molecule has 2 amide bonds. The highest BCUT2D eigenvalue weighted by molar-refractivity contribution is 6.04. The Morgan fingerprint density at radius 1 is 0.875 bits per heavy atom. The van der Waals surface area contributed by atoms with Crippen LogP contribution in [0.25, 0.3) is 0 Å². The number of hydrogen-bond acceptors (Lipinski definition) is 4. The van der Waals surface area contributed by atoms with E-state index in [4.69, 9.17) is 9.47 Å². The molecule has 0 bridgehead atoms. The number of carbonyl (C=O) groups is 2. The molecule has 0 saturated carbocycles. The van der Waals surface area contributed by atoms with E-state index in [1.54, 1.807) is 62.6 Å². The van der Waals surface area contributed by atoms with Crippen molar-refractivity contribution in [3.05, 3.63) is 54.1 Å². The van der Waals surface area contributed by atoms with Crippen LogP contribution in [0.3, 0.4) is 0 Å². The number of rotatable bonds is 6. The molecule has 24 heavy (non-hydrogen) atoms. The van der Waals surface area contributed by atoms with E-state index in [2.05, 4.69) is 10.6 Å². The van der Waals surface area contributed by atoms with Crippen molar-refractivity contribution in [1.82, 2.24) is 0 Å². The van der Waals surface area contributed by atoms with Crippen molar-refractivity contribution in [2.45, 2.75) is 13.0 Å². The lowest BCUT2D eigenvalue weighted by Gasteiger charge is -2.11. The van der Waals surface area contributed by atoms with Crippen LogP contribution in [0.1, 0.15) is 17.3 Å². The second-order valence-corrected chi connectivity index (χ2v) is 5.13. The summed E-state index contributed by atoms with van der Waals surface area (Å²) in [5.41, 5.74) is 1.76. The van der Waals surface area contributed by atoms with Crippen LogP contribution in [0.15, 0.2) is 48.5 Å². The summed E-state index contributed by atoms with van der Waals surface area (Å²) < 4.78 is 10.0. The minimum atomic E-state index is -0.539. The largest absolute Gasteiger partial charge is 0.497 e. The van der Waals surface area contributed by atoms with Gasteiger partial charge in [0.05, 0.1) is 7.11 Å². The average Bonchev–Trinajstić information content (AvgIpc) is 2.62. The number of carbonyl (C=O) groups excluding carboxylic acids is 2. The molecule has 126 valence electrons. The molecule has 0 unspecified atom stereocenters. The summed E-state index contributed by atoms with van der Waals surface area (Å²) in [6.07, 6.45) is -0.539. The maximum absolute atomic E-state index is 12.2. The predicted octanol–water partition coefficient (Wildman–Crippen LogP) is 2.92. The Morgan fingerprint density at radius 2 is 1.42 bits per heavy atom. The molecule has 0 spiro atoms. The zero-order chi connectivity index (χ0) is 17.5. The maximum atomic E-state index is 12.2. The quantitative estimate of drug-likeness (QED) is 0.855. The van der Waals surface area contributed by atoms with E-state index in [9.17, 15) is 9.59 Å². The first-order valence-corrected chi connectivity index (χ1v) is 7.42. The minimum Gasteiger partial charge on any atom is -0.497 e. The molecular formula is C18H20N2O4. The van der Waals surface area contributed by atoms with E-state index in [1.165, 1.54) is 7.11 Å². The topological polar surface area (TPSA) is 76.7 Å². The third-order valence-electron chi connectivity index (χ3n) is 3.49. The molecule has 6 nitrogen and oxygen atoms in total. The fourth-order valence-electron chi connectivity index (χ4n) is 1.93. The third kappa shape index (κ3) is 4.57. The molecule has 0 aliphatic carbocycles. The van der Waals surface area contributed by atoms with Crippen LogP contribution in [-0.4, -0.2) is 32.1 Å². The predicted molar refractivity (Wildman–Crippen MR) is 92.5 cm³/mol. The molecule has 0 aliphatic heterocycles. The molecule has 2 N–H and O–H groups in total. The van der Waals surface area contributed by atoms with Gasteiger partial charge >= 0.3 is 0 Å². The van der Waals surface area contributed by atoms with Gasteiger partial charge in [-0.1, -0.05) is 0 Å². The number of benzene rings is 2. The Hall–Kier alpha value is -2.86. The summed E-state index contributed by atoms with van der Waals surface area (Å²) in [5, 5.41) is 5.51. The van der Waals surface area contributed by atoms with Crippen LogP contribution in [0.2, 0.25) is 0 Å². The monoisotopic (exact) mass is 328 g/mol. The number of nitrogens with one attached hydrogen (secondary N) is 2. The van der Waals surface area contributed by atoms with Gasteiger partial charge in [0.2, 0.25) is 0 Å². The van der Waals surface area contributed by atoms with Gasteiger partial charge in [0, 0.05) is 24.0 Å². The summed E-state index contributed by atoms with van der Waals surface area (Å²) in [6, 6.07) is 13.7. The molecule has 0 radical (unpaired) electrons. The lowest BCUT2D eigenvalue weighted by Crippen LogP contribution is -2.26. The first-order valence-electron chi connectivity index (χ1n) is 7.42. The normalized spacial score (nSPS) is 11.5. The Bertz CT molecular complexity index is 696. The van der Waals surface area contributed by atoms with Crippen molar-refractivity contribution in [3.8, 4) is 5.75 Å². The summed E-state index contributed by atoms with van der Waals surface area (Å²) in [7, 11) is 3.05. The minimum absolute atomic E-state index is 0.233. The van der Waals surface area contributed by atoms with Crippen LogP contribution in [0.5, 0.6) is 5.75 Å². The average molecular weight is 328 g/mol. The van der Waals surface area contributed by atoms with Crippen LogP contribution < -0.4 is 15.4 Å². The molecule has 1 atom stereocenters. The smallest absolute Gasteiger partial charge is 0.255 e. The first kappa shape index (κ1) is 17.5. The van der Waals surface area contributed by atoms with Gasteiger partial charge < -0.3 is 20.1 Å². The highest BCUT2D eigenvalue weighted by Gasteiger charge is 2.12. The summed E-state index contributed by atoms with van der Waals surface area (Å²) in [6.45, 7) is 1.66. The molecule has 0 aliphatic rings. The van der Waals surface area contributed by atoms with Gasteiger partial charge in [-0.2, -0.15) is 0 Å². The Balaban J connectivity index is 1.98. The summed E-state index contributed by atoms with van der Waals surface area (Å²) in [5.74, 6) is 0.245. The summed E-state index contributed by atoms with van der Waals surface area (Å²) in [4.78, 5) is 23.9. The van der Waals surface area contributed by atoms with E-state index in [-0.39, 0.29) is 11.8 Å². The third-order valence-corrected chi connectivity index (χ3v) is 3.49. The zero-order valence-corrected chi connectivity index (χ0v) is 13.8. The SMILES string of the molecule is COc1ccc(NC(=O)c2ccc(NC(=O)[C@@H](C)OC)cc2)cc1. The fraction of sp³-hybridized carbons (Fsp3) is 0.222. The molecule has 0 saturated heterocycles. The van der Waals surface area contributed by atoms with Gasteiger partial charge in [0.25, 0.3) is 11.8 Å². The number of methoxy groups -OCH3 is 2. The number of anilines is 2. The number of amides is 2. The second kappa shape index (κ2) is 8.12. The van der Waals surface area contributed by atoms with E-state index in [0.717, 1.165) is 5.75 Å². The van der Waals surface area contributed by atoms with Crippen LogP contribution in [0.4, 0.5) is 11.4 Å². The van der Waals surface area contributed by atoms with Crippen molar-refractivity contribution in [3.63, 3.8) is 0 Å². The van der Waals surface area contributed by atoms with Crippen molar-refractivity contribution in [1.29, 1.82) is 0 Å². The van der Waals surface area contributed by atoms with Gasteiger partial charge in [-0.3, -0.25) is 9.59 Å². The molecule has 2 aromatic carbocycles. The molecule has 2 rings (SSSR count). The molecule has 0 fully saturated rings. The lowest BCUT2D eigenvalue weighted by molar-refractivity contribution is -0.124. The van der Waals surface area contributed by atoms with Crippen molar-refractivity contribution in [2.75, 3.05) is 24.9 Å². The molecule has 6 heteroatoms. The van der Waals surface area contributed by atoms with Gasteiger partial charge in [0.1, 0.15) is 11.9 Å². The zero-order valence-electron chi connectivity index (χ0n) is 13.8. The first-order chi connectivity index (χ1) is 11.5. The lowest BCUT2D eigenvalue weighted by atomic mass is 10.2. The molecule has 0 aromatic heterocycles. The number of ether oxygens (including phenoxy) is 2. The van der Waals surface area contributed by atoms with E-state index in [0.29, 0.717) is 16.9 Å². The highest BCUT2D eigenvalue weighted by Crippen LogP contribution is 2.17. The van der Waals surface area contributed by atoms with Crippen LogP contribution in [-0.2, 0) is 9.53 Å². The van der Waals surface area contributed by atoms with Crippen molar-refractivity contribution >= 4 is 23.2 Å². The number of hydrogen-bond donors (Lipinski definition) is 2. The summed E-state index contributed by atoms with van der Waals surface area (Å²) >= 11 is 0. The van der Waals surface area contributed by atoms with E-state index >= 15 is 0 Å². The van der Waals surface area contributed by atoms with E-state index in [1.807, 2.05) is 0 Å². The van der Waals surface area contributed by atoms with Gasteiger partial charge in [0.15, 0.2) is 0 Å².